The first-order valence-electron chi connectivity index (χ1n) is 7.51. The molecule has 4 rings (SSSR count). The summed E-state index contributed by atoms with van der Waals surface area (Å²) < 4.78 is 38.8. The van der Waals surface area contributed by atoms with Crippen LogP contribution in [0.5, 0.6) is 0 Å². The number of carboxylic acid groups (broad SMARTS) is 1. The Labute approximate surface area is 144 Å². The van der Waals surface area contributed by atoms with Crippen LogP contribution < -0.4 is 0 Å². The molecule has 0 saturated carbocycles. The van der Waals surface area contributed by atoms with Gasteiger partial charge in [-0.25, -0.2) is 14.8 Å². The molecule has 8 heteroatoms. The number of nitrogens with zero attached hydrogens (tertiary/aromatic N) is 2. The number of aromatic nitrogens is 3. The summed E-state index contributed by atoms with van der Waals surface area (Å²) in [5.41, 5.74) is 1.10. The summed E-state index contributed by atoms with van der Waals surface area (Å²) >= 11 is 0. The second-order valence-electron chi connectivity index (χ2n) is 5.74. The molecule has 0 aliphatic heterocycles. The van der Waals surface area contributed by atoms with Crippen LogP contribution >= 0.6 is 0 Å². The first kappa shape index (κ1) is 16.1. The van der Waals surface area contributed by atoms with Gasteiger partial charge in [-0.2, -0.15) is 13.2 Å². The summed E-state index contributed by atoms with van der Waals surface area (Å²) in [5, 5.41) is 10.3. The molecule has 26 heavy (non-hydrogen) atoms. The molecular formula is C18H10F3N3O2. The number of hydrogen-bond acceptors (Lipinski definition) is 3. The Bertz CT molecular complexity index is 1170. The van der Waals surface area contributed by atoms with Crippen LogP contribution in [0.2, 0.25) is 0 Å². The second kappa shape index (κ2) is 5.55. The van der Waals surface area contributed by atoms with E-state index < -0.39 is 17.7 Å². The number of nitrogens with one attached hydrogen (secondary N) is 1. The topological polar surface area (TPSA) is 78.9 Å². The lowest BCUT2D eigenvalue weighted by Crippen LogP contribution is -2.04. The number of alkyl halides is 3. The number of aromatic amines is 1. The third-order valence-corrected chi connectivity index (χ3v) is 4.08. The van der Waals surface area contributed by atoms with Gasteiger partial charge in [0.25, 0.3) is 0 Å². The Kier molecular flexibility index (Phi) is 3.43. The van der Waals surface area contributed by atoms with E-state index in [2.05, 4.69) is 15.0 Å². The van der Waals surface area contributed by atoms with Crippen LogP contribution in [-0.4, -0.2) is 26.0 Å². The lowest BCUT2D eigenvalue weighted by atomic mass is 10.0. The number of halogens is 3. The van der Waals surface area contributed by atoms with E-state index in [9.17, 15) is 18.0 Å². The van der Waals surface area contributed by atoms with Crippen molar-refractivity contribution in [3.8, 4) is 11.1 Å². The maximum absolute atomic E-state index is 12.9. The molecule has 0 aliphatic rings. The lowest BCUT2D eigenvalue weighted by Gasteiger charge is -2.08. The highest BCUT2D eigenvalue weighted by Crippen LogP contribution is 2.33. The fourth-order valence-electron chi connectivity index (χ4n) is 2.82. The summed E-state index contributed by atoms with van der Waals surface area (Å²) in [5.74, 6) is -1.16. The molecule has 0 fully saturated rings. The molecule has 130 valence electrons. The van der Waals surface area contributed by atoms with Gasteiger partial charge in [-0.1, -0.05) is 12.1 Å². The minimum Gasteiger partial charge on any atom is -0.477 e. The number of carboxylic acids is 1. The highest BCUT2D eigenvalue weighted by Gasteiger charge is 2.30. The summed E-state index contributed by atoms with van der Waals surface area (Å²) in [4.78, 5) is 22.2. The first-order chi connectivity index (χ1) is 12.3. The van der Waals surface area contributed by atoms with Crippen molar-refractivity contribution in [3.63, 3.8) is 0 Å². The summed E-state index contributed by atoms with van der Waals surface area (Å²) in [6, 6.07) is 8.06. The molecule has 0 unspecified atom stereocenters. The molecule has 0 aliphatic carbocycles. The van der Waals surface area contributed by atoms with Crippen LogP contribution in [-0.2, 0) is 6.18 Å². The van der Waals surface area contributed by atoms with Gasteiger partial charge >= 0.3 is 12.1 Å². The zero-order chi connectivity index (χ0) is 18.5. The molecule has 0 amide bonds. The number of aromatic carboxylic acids is 1. The Balaban J connectivity index is 1.91. The predicted molar refractivity (Wildman–Crippen MR) is 88.8 cm³/mol. The van der Waals surface area contributed by atoms with Gasteiger partial charge in [0.15, 0.2) is 0 Å². The van der Waals surface area contributed by atoms with Crippen LogP contribution in [0.25, 0.3) is 33.1 Å². The van der Waals surface area contributed by atoms with Crippen LogP contribution in [0.3, 0.4) is 0 Å². The predicted octanol–water partition coefficient (Wildman–Crippen LogP) is 4.50. The van der Waals surface area contributed by atoms with Gasteiger partial charge in [0, 0.05) is 22.5 Å². The summed E-state index contributed by atoms with van der Waals surface area (Å²) in [6.07, 6.45) is -1.57. The average molecular weight is 357 g/mol. The normalized spacial score (nSPS) is 12.0. The van der Waals surface area contributed by atoms with Crippen LogP contribution in [0, 0.1) is 0 Å². The van der Waals surface area contributed by atoms with Gasteiger partial charge in [0.2, 0.25) is 0 Å². The molecule has 0 spiro atoms. The lowest BCUT2D eigenvalue weighted by molar-refractivity contribution is -0.137. The van der Waals surface area contributed by atoms with Crippen molar-refractivity contribution in [1.29, 1.82) is 0 Å². The molecule has 0 radical (unpaired) electrons. The van der Waals surface area contributed by atoms with E-state index in [1.54, 1.807) is 12.1 Å². The zero-order valence-electron chi connectivity index (χ0n) is 13.0. The number of fused-ring (bicyclic) bond motifs is 3. The number of carbonyl (C=O) groups is 1. The molecule has 5 nitrogen and oxygen atoms in total. The number of pyridine rings is 2. The van der Waals surface area contributed by atoms with Gasteiger partial charge in [0.1, 0.15) is 11.3 Å². The number of hydrogen-bond donors (Lipinski definition) is 2. The third kappa shape index (κ3) is 2.65. The van der Waals surface area contributed by atoms with E-state index in [-0.39, 0.29) is 5.69 Å². The number of benzene rings is 1. The quantitative estimate of drug-likeness (QED) is 0.554. The average Bonchev–Trinajstić information content (AvgIpc) is 2.98. The largest absolute Gasteiger partial charge is 0.477 e. The molecule has 0 bridgehead atoms. The van der Waals surface area contributed by atoms with Gasteiger partial charge < -0.3 is 10.1 Å². The Hall–Kier alpha value is -3.42. The molecule has 3 heterocycles. The van der Waals surface area contributed by atoms with Crippen molar-refractivity contribution in [2.45, 2.75) is 6.18 Å². The van der Waals surface area contributed by atoms with E-state index in [0.717, 1.165) is 12.1 Å². The molecule has 2 N–H and O–H groups in total. The molecule has 0 saturated heterocycles. The fraction of sp³-hybridized carbons (Fsp3) is 0.0556. The van der Waals surface area contributed by atoms with Gasteiger partial charge in [0.05, 0.1) is 17.3 Å². The van der Waals surface area contributed by atoms with E-state index in [0.29, 0.717) is 33.1 Å². The third-order valence-electron chi connectivity index (χ3n) is 4.08. The molecule has 0 atom stereocenters. The molecule has 4 aromatic rings. The van der Waals surface area contributed by atoms with Crippen LogP contribution in [0.15, 0.2) is 48.8 Å². The Morgan fingerprint density at radius 3 is 2.54 bits per heavy atom. The standard InChI is InChI=1S/C18H10F3N3O2/c19-18(20,21)11-3-1-2-9(4-11)10-5-13-12-6-14(17(25)26)22-8-15(12)24-16(13)23-7-10/h1-8H,(H,23,24)(H,25,26). The number of H-pyrrole nitrogens is 1. The monoisotopic (exact) mass is 357 g/mol. The van der Waals surface area contributed by atoms with Crippen molar-refractivity contribution >= 4 is 27.9 Å². The van der Waals surface area contributed by atoms with Gasteiger partial charge in [-0.05, 0) is 29.8 Å². The van der Waals surface area contributed by atoms with Crippen molar-refractivity contribution in [1.82, 2.24) is 15.0 Å². The minimum absolute atomic E-state index is 0.122. The van der Waals surface area contributed by atoms with E-state index in [1.165, 1.54) is 24.5 Å². The fourth-order valence-corrected chi connectivity index (χ4v) is 2.82. The van der Waals surface area contributed by atoms with Crippen molar-refractivity contribution < 1.29 is 23.1 Å². The maximum atomic E-state index is 12.9. The van der Waals surface area contributed by atoms with Crippen molar-refractivity contribution in [3.05, 3.63) is 60.0 Å². The van der Waals surface area contributed by atoms with E-state index in [1.807, 2.05) is 0 Å². The highest BCUT2D eigenvalue weighted by atomic mass is 19.4. The molecule has 1 aromatic carbocycles. The summed E-state index contributed by atoms with van der Waals surface area (Å²) in [6.45, 7) is 0. The molecule has 3 aromatic heterocycles. The highest BCUT2D eigenvalue weighted by molar-refractivity contribution is 6.08. The first-order valence-corrected chi connectivity index (χ1v) is 7.51. The van der Waals surface area contributed by atoms with Crippen LogP contribution in [0.1, 0.15) is 16.1 Å². The number of rotatable bonds is 2. The SMILES string of the molecule is O=C(O)c1cc2c(cn1)[nH]c1ncc(-c3cccc(C(F)(F)F)c3)cc12. The minimum atomic E-state index is -4.43. The zero-order valence-corrected chi connectivity index (χ0v) is 13.0. The van der Waals surface area contributed by atoms with Gasteiger partial charge in [-0.15, -0.1) is 0 Å². The Morgan fingerprint density at radius 2 is 1.81 bits per heavy atom. The van der Waals surface area contributed by atoms with E-state index in [4.69, 9.17) is 5.11 Å². The van der Waals surface area contributed by atoms with Gasteiger partial charge in [-0.3, -0.25) is 0 Å². The van der Waals surface area contributed by atoms with E-state index >= 15 is 0 Å². The maximum Gasteiger partial charge on any atom is 0.416 e. The second-order valence-corrected chi connectivity index (χ2v) is 5.74. The molecular weight excluding hydrogens is 347 g/mol. The van der Waals surface area contributed by atoms with Crippen molar-refractivity contribution in [2.24, 2.45) is 0 Å². The summed E-state index contributed by atoms with van der Waals surface area (Å²) in [7, 11) is 0. The van der Waals surface area contributed by atoms with Crippen molar-refractivity contribution in [2.75, 3.05) is 0 Å². The Morgan fingerprint density at radius 1 is 1.00 bits per heavy atom. The smallest absolute Gasteiger partial charge is 0.416 e. The van der Waals surface area contributed by atoms with Crippen LogP contribution in [0.4, 0.5) is 13.2 Å².